The minimum atomic E-state index is -0.0996. The molecule has 1 aromatic heterocycles. The van der Waals surface area contributed by atoms with Gasteiger partial charge in [0.25, 0.3) is 5.91 Å². The smallest absolute Gasteiger partial charge is 0.265 e. The van der Waals surface area contributed by atoms with Crippen LogP contribution in [0.5, 0.6) is 5.75 Å². The van der Waals surface area contributed by atoms with Crippen molar-refractivity contribution >= 4 is 34.8 Å². The van der Waals surface area contributed by atoms with Crippen LogP contribution in [0.3, 0.4) is 0 Å². The fourth-order valence-corrected chi connectivity index (χ4v) is 4.80. The molecule has 186 valence electrons. The van der Waals surface area contributed by atoms with E-state index in [0.29, 0.717) is 28.0 Å². The van der Waals surface area contributed by atoms with Crippen LogP contribution in [0.2, 0.25) is 10.0 Å². The van der Waals surface area contributed by atoms with E-state index >= 15 is 0 Å². The number of anilines is 1. The summed E-state index contributed by atoms with van der Waals surface area (Å²) in [6.07, 6.45) is 0. The molecule has 0 aliphatic carbocycles. The molecule has 6 heteroatoms. The fraction of sp³-hybridized carbons (Fsp3) is 0.0625. The standard InChI is InChI=1S/C32H22Cl2N2O2/c33-26-11-6-21(7-12-26)19-36-30-18-24(10-15-31(30)38-20-32(36)37)29-17-25(22-8-13-27(34)14-9-22)16-28(35-29)23-4-2-1-3-5-23/h1-18H,19-20H2. The van der Waals surface area contributed by atoms with Crippen molar-refractivity contribution in [2.75, 3.05) is 11.5 Å². The predicted octanol–water partition coefficient (Wildman–Crippen LogP) is 8.32. The van der Waals surface area contributed by atoms with Crippen molar-refractivity contribution in [3.63, 3.8) is 0 Å². The Labute approximate surface area is 231 Å². The third-order valence-corrected chi connectivity index (χ3v) is 7.03. The van der Waals surface area contributed by atoms with Crippen LogP contribution >= 0.6 is 23.2 Å². The van der Waals surface area contributed by atoms with Gasteiger partial charge in [0.2, 0.25) is 0 Å². The molecule has 0 saturated heterocycles. The summed E-state index contributed by atoms with van der Waals surface area (Å²) in [6, 6.07) is 35.4. The molecule has 0 atom stereocenters. The van der Waals surface area contributed by atoms with E-state index < -0.39 is 0 Å². The number of hydrogen-bond acceptors (Lipinski definition) is 3. The quantitative estimate of drug-likeness (QED) is 0.226. The first-order valence-electron chi connectivity index (χ1n) is 12.2. The first kappa shape index (κ1) is 24.2. The molecule has 4 aromatic carbocycles. The zero-order valence-corrected chi connectivity index (χ0v) is 21.8. The Morgan fingerprint density at radius 2 is 1.32 bits per heavy atom. The van der Waals surface area contributed by atoms with Gasteiger partial charge in [0.1, 0.15) is 5.75 Å². The van der Waals surface area contributed by atoms with Crippen LogP contribution in [0, 0.1) is 0 Å². The Hall–Kier alpha value is -4.12. The van der Waals surface area contributed by atoms with E-state index in [4.69, 9.17) is 32.9 Å². The molecule has 1 amide bonds. The molecular weight excluding hydrogens is 515 g/mol. The number of nitrogens with zero attached hydrogens (tertiary/aromatic N) is 2. The largest absolute Gasteiger partial charge is 0.482 e. The SMILES string of the molecule is O=C1COc2ccc(-c3cc(-c4ccc(Cl)cc4)cc(-c4ccccc4)n3)cc2N1Cc1ccc(Cl)cc1. The Bertz CT molecular complexity index is 1620. The lowest BCUT2D eigenvalue weighted by Gasteiger charge is -2.30. The molecule has 0 N–H and O–H groups in total. The third kappa shape index (κ3) is 5.01. The molecule has 5 aromatic rings. The van der Waals surface area contributed by atoms with Gasteiger partial charge in [-0.3, -0.25) is 4.79 Å². The summed E-state index contributed by atoms with van der Waals surface area (Å²) in [5.74, 6) is 0.567. The Balaban J connectivity index is 1.45. The van der Waals surface area contributed by atoms with E-state index in [1.165, 1.54) is 0 Å². The number of carbonyl (C=O) groups excluding carboxylic acids is 1. The minimum absolute atomic E-state index is 0.00237. The maximum absolute atomic E-state index is 12.9. The van der Waals surface area contributed by atoms with E-state index in [2.05, 4.69) is 12.1 Å². The van der Waals surface area contributed by atoms with Crippen molar-refractivity contribution in [2.24, 2.45) is 0 Å². The summed E-state index contributed by atoms with van der Waals surface area (Å²) in [5, 5.41) is 1.34. The lowest BCUT2D eigenvalue weighted by molar-refractivity contribution is -0.121. The van der Waals surface area contributed by atoms with E-state index in [1.54, 1.807) is 4.90 Å². The summed E-state index contributed by atoms with van der Waals surface area (Å²) < 4.78 is 5.77. The molecule has 1 aliphatic heterocycles. The van der Waals surface area contributed by atoms with E-state index in [-0.39, 0.29) is 12.5 Å². The number of benzene rings is 4. The van der Waals surface area contributed by atoms with Crippen molar-refractivity contribution < 1.29 is 9.53 Å². The second-order valence-electron chi connectivity index (χ2n) is 9.08. The normalized spacial score (nSPS) is 12.7. The number of rotatable bonds is 5. The number of hydrogen-bond donors (Lipinski definition) is 0. The van der Waals surface area contributed by atoms with Gasteiger partial charge in [-0.2, -0.15) is 0 Å². The predicted molar refractivity (Wildman–Crippen MR) is 154 cm³/mol. The van der Waals surface area contributed by atoms with Crippen molar-refractivity contribution in [1.29, 1.82) is 0 Å². The Morgan fingerprint density at radius 1 is 0.684 bits per heavy atom. The lowest BCUT2D eigenvalue weighted by Crippen LogP contribution is -2.38. The molecule has 4 nitrogen and oxygen atoms in total. The van der Waals surface area contributed by atoms with E-state index in [0.717, 1.165) is 39.2 Å². The van der Waals surface area contributed by atoms with Crippen molar-refractivity contribution in [3.8, 4) is 39.4 Å². The van der Waals surface area contributed by atoms with Crippen LogP contribution in [0.15, 0.2) is 109 Å². The molecule has 1 aliphatic rings. The molecule has 0 fully saturated rings. The van der Waals surface area contributed by atoms with E-state index in [1.807, 2.05) is 97.1 Å². The van der Waals surface area contributed by atoms with Crippen LogP contribution in [0.25, 0.3) is 33.6 Å². The summed E-state index contributed by atoms with van der Waals surface area (Å²) in [6.45, 7) is 0.422. The Morgan fingerprint density at radius 3 is 2.03 bits per heavy atom. The second kappa shape index (κ2) is 10.3. The highest BCUT2D eigenvalue weighted by Crippen LogP contribution is 2.38. The average molecular weight is 537 g/mol. The molecular formula is C32H22Cl2N2O2. The van der Waals surface area contributed by atoms with Gasteiger partial charge < -0.3 is 9.64 Å². The number of halogens is 2. The van der Waals surface area contributed by atoms with Gasteiger partial charge in [0.05, 0.1) is 23.6 Å². The van der Waals surface area contributed by atoms with Gasteiger partial charge in [-0.15, -0.1) is 0 Å². The lowest BCUT2D eigenvalue weighted by atomic mass is 9.99. The molecule has 38 heavy (non-hydrogen) atoms. The van der Waals surface area contributed by atoms with Gasteiger partial charge in [0.15, 0.2) is 6.61 Å². The molecule has 0 saturated carbocycles. The van der Waals surface area contributed by atoms with Gasteiger partial charge in [-0.25, -0.2) is 4.98 Å². The molecule has 0 bridgehead atoms. The average Bonchev–Trinajstić information content (AvgIpc) is 2.96. The van der Waals surface area contributed by atoms with Crippen molar-refractivity contribution in [3.05, 3.63) is 125 Å². The van der Waals surface area contributed by atoms with Gasteiger partial charge in [0, 0.05) is 21.2 Å². The van der Waals surface area contributed by atoms with Crippen LogP contribution in [0.4, 0.5) is 5.69 Å². The second-order valence-corrected chi connectivity index (χ2v) is 9.95. The maximum atomic E-state index is 12.9. The van der Waals surface area contributed by atoms with Gasteiger partial charge >= 0.3 is 0 Å². The number of pyridine rings is 1. The van der Waals surface area contributed by atoms with Crippen LogP contribution in [0.1, 0.15) is 5.56 Å². The minimum Gasteiger partial charge on any atom is -0.482 e. The van der Waals surface area contributed by atoms with Crippen LogP contribution < -0.4 is 9.64 Å². The third-order valence-electron chi connectivity index (χ3n) is 6.52. The van der Waals surface area contributed by atoms with Gasteiger partial charge in [-0.1, -0.05) is 77.8 Å². The van der Waals surface area contributed by atoms with Gasteiger partial charge in [-0.05, 0) is 71.3 Å². The highest BCUT2D eigenvalue weighted by atomic mass is 35.5. The number of fused-ring (bicyclic) bond motifs is 1. The van der Waals surface area contributed by atoms with Crippen molar-refractivity contribution in [1.82, 2.24) is 4.98 Å². The van der Waals surface area contributed by atoms with Crippen LogP contribution in [-0.2, 0) is 11.3 Å². The number of aromatic nitrogens is 1. The highest BCUT2D eigenvalue weighted by Gasteiger charge is 2.26. The first-order valence-corrected chi connectivity index (χ1v) is 12.9. The topological polar surface area (TPSA) is 42.4 Å². The number of amides is 1. The maximum Gasteiger partial charge on any atom is 0.265 e. The Kier molecular flexibility index (Phi) is 6.59. The summed E-state index contributed by atoms with van der Waals surface area (Å²) in [4.78, 5) is 19.7. The zero-order valence-electron chi connectivity index (χ0n) is 20.3. The fourth-order valence-electron chi connectivity index (χ4n) is 4.55. The first-order chi connectivity index (χ1) is 18.5. The highest BCUT2D eigenvalue weighted by molar-refractivity contribution is 6.30. The molecule has 2 heterocycles. The summed E-state index contributed by atoms with van der Waals surface area (Å²) in [5.41, 5.74) is 7.31. The monoisotopic (exact) mass is 536 g/mol. The molecule has 0 spiro atoms. The molecule has 0 radical (unpaired) electrons. The van der Waals surface area contributed by atoms with Crippen molar-refractivity contribution in [2.45, 2.75) is 6.54 Å². The molecule has 0 unspecified atom stereocenters. The summed E-state index contributed by atoms with van der Waals surface area (Å²) in [7, 11) is 0. The number of ether oxygens (including phenoxy) is 1. The number of carbonyl (C=O) groups is 1. The molecule has 6 rings (SSSR count). The van der Waals surface area contributed by atoms with Crippen LogP contribution in [-0.4, -0.2) is 17.5 Å². The summed E-state index contributed by atoms with van der Waals surface area (Å²) >= 11 is 12.2. The zero-order chi connectivity index (χ0) is 26.1. The van der Waals surface area contributed by atoms with E-state index in [9.17, 15) is 4.79 Å².